The lowest BCUT2D eigenvalue weighted by atomic mass is 10.1. The summed E-state index contributed by atoms with van der Waals surface area (Å²) in [7, 11) is 0. The van der Waals surface area contributed by atoms with Gasteiger partial charge in [0.25, 0.3) is 5.91 Å². The minimum atomic E-state index is -0.411. The van der Waals surface area contributed by atoms with Gasteiger partial charge in [0.05, 0.1) is 12.3 Å². The molecule has 0 aliphatic carbocycles. The van der Waals surface area contributed by atoms with Gasteiger partial charge in [-0.15, -0.1) is 0 Å². The molecule has 0 aliphatic heterocycles. The summed E-state index contributed by atoms with van der Waals surface area (Å²) >= 11 is 0. The van der Waals surface area contributed by atoms with E-state index in [1.165, 1.54) is 6.92 Å². The molecule has 5 heteroatoms. The van der Waals surface area contributed by atoms with E-state index in [1.54, 1.807) is 24.3 Å². The summed E-state index contributed by atoms with van der Waals surface area (Å²) in [5.41, 5.74) is 2.59. The van der Waals surface area contributed by atoms with E-state index in [0.29, 0.717) is 18.0 Å². The SMILES string of the molecule is CCOc1ccccc1NC(=O)/C(=C/c1ccccc1C)NC(C)=O. The number of anilines is 1. The molecule has 2 aromatic rings. The van der Waals surface area contributed by atoms with Crippen LogP contribution in [-0.2, 0) is 9.59 Å². The van der Waals surface area contributed by atoms with Gasteiger partial charge in [-0.25, -0.2) is 0 Å². The van der Waals surface area contributed by atoms with Gasteiger partial charge in [-0.05, 0) is 43.2 Å². The molecule has 0 radical (unpaired) electrons. The van der Waals surface area contributed by atoms with Gasteiger partial charge in [-0.1, -0.05) is 36.4 Å². The van der Waals surface area contributed by atoms with Crippen molar-refractivity contribution in [1.29, 1.82) is 0 Å². The molecule has 0 heterocycles. The Labute approximate surface area is 147 Å². The normalized spacial score (nSPS) is 10.9. The van der Waals surface area contributed by atoms with E-state index in [1.807, 2.05) is 44.2 Å². The number of hydrogen-bond acceptors (Lipinski definition) is 3. The molecule has 0 saturated carbocycles. The molecule has 0 fully saturated rings. The molecule has 130 valence electrons. The van der Waals surface area contributed by atoms with Crippen molar-refractivity contribution in [3.05, 3.63) is 65.4 Å². The standard InChI is InChI=1S/C20H22N2O3/c1-4-25-19-12-8-7-11-17(19)22-20(24)18(21-15(3)23)13-16-10-6-5-9-14(16)2/h5-13H,4H2,1-3H3,(H,21,23)(H,22,24)/b18-13-. The van der Waals surface area contributed by atoms with Gasteiger partial charge >= 0.3 is 0 Å². The summed E-state index contributed by atoms with van der Waals surface area (Å²) in [6.45, 7) is 5.68. The second-order valence-electron chi connectivity index (χ2n) is 5.48. The van der Waals surface area contributed by atoms with E-state index in [2.05, 4.69) is 10.6 Å². The number of carbonyl (C=O) groups is 2. The zero-order valence-corrected chi connectivity index (χ0v) is 14.6. The maximum Gasteiger partial charge on any atom is 0.272 e. The Kier molecular flexibility index (Phi) is 6.34. The zero-order valence-electron chi connectivity index (χ0n) is 14.6. The lowest BCUT2D eigenvalue weighted by Gasteiger charge is -2.13. The van der Waals surface area contributed by atoms with Crippen LogP contribution >= 0.6 is 0 Å². The molecule has 0 saturated heterocycles. The summed E-state index contributed by atoms with van der Waals surface area (Å²) in [4.78, 5) is 24.2. The number of benzene rings is 2. The predicted molar refractivity (Wildman–Crippen MR) is 99.2 cm³/mol. The molecular weight excluding hydrogens is 316 g/mol. The van der Waals surface area contributed by atoms with Crippen LogP contribution < -0.4 is 15.4 Å². The van der Waals surface area contributed by atoms with Crippen molar-refractivity contribution in [2.75, 3.05) is 11.9 Å². The van der Waals surface area contributed by atoms with Gasteiger partial charge in [0.2, 0.25) is 5.91 Å². The third-order valence-electron chi connectivity index (χ3n) is 3.48. The van der Waals surface area contributed by atoms with Crippen LogP contribution in [-0.4, -0.2) is 18.4 Å². The Morgan fingerprint density at radius 1 is 1.08 bits per heavy atom. The number of rotatable bonds is 6. The minimum absolute atomic E-state index is 0.174. The quantitative estimate of drug-likeness (QED) is 0.792. The number of amides is 2. The van der Waals surface area contributed by atoms with Gasteiger partial charge < -0.3 is 15.4 Å². The predicted octanol–water partition coefficient (Wildman–Crippen LogP) is 3.51. The summed E-state index contributed by atoms with van der Waals surface area (Å²) in [5.74, 6) is -0.143. The molecule has 0 unspecified atom stereocenters. The van der Waals surface area contributed by atoms with Gasteiger partial charge in [0.15, 0.2) is 0 Å². The highest BCUT2D eigenvalue weighted by Gasteiger charge is 2.14. The summed E-state index contributed by atoms with van der Waals surface area (Å²) in [6, 6.07) is 14.8. The van der Waals surface area contributed by atoms with Crippen LogP contribution in [0.3, 0.4) is 0 Å². The van der Waals surface area contributed by atoms with E-state index in [-0.39, 0.29) is 11.6 Å². The summed E-state index contributed by atoms with van der Waals surface area (Å²) in [6.07, 6.45) is 1.66. The highest BCUT2D eigenvalue weighted by atomic mass is 16.5. The summed E-state index contributed by atoms with van der Waals surface area (Å²) < 4.78 is 5.51. The van der Waals surface area contributed by atoms with Gasteiger partial charge in [-0.3, -0.25) is 9.59 Å². The topological polar surface area (TPSA) is 67.4 Å². The molecule has 25 heavy (non-hydrogen) atoms. The minimum Gasteiger partial charge on any atom is -0.492 e. The number of hydrogen-bond donors (Lipinski definition) is 2. The van der Waals surface area contributed by atoms with Crippen molar-refractivity contribution < 1.29 is 14.3 Å². The first-order valence-corrected chi connectivity index (χ1v) is 8.09. The van der Waals surface area contributed by atoms with Crippen molar-refractivity contribution in [3.63, 3.8) is 0 Å². The number of para-hydroxylation sites is 2. The lowest BCUT2D eigenvalue weighted by molar-refractivity contribution is -0.120. The maximum absolute atomic E-state index is 12.7. The fourth-order valence-corrected chi connectivity index (χ4v) is 2.29. The van der Waals surface area contributed by atoms with Crippen molar-refractivity contribution in [1.82, 2.24) is 5.32 Å². The van der Waals surface area contributed by atoms with Crippen LogP contribution in [0.2, 0.25) is 0 Å². The van der Waals surface area contributed by atoms with E-state index >= 15 is 0 Å². The third kappa shape index (κ3) is 5.21. The molecule has 2 amide bonds. The van der Waals surface area contributed by atoms with Crippen LogP contribution in [0.1, 0.15) is 25.0 Å². The number of aryl methyl sites for hydroxylation is 1. The first kappa shape index (κ1) is 18.3. The molecule has 0 aliphatic rings. The number of ether oxygens (including phenoxy) is 1. The average molecular weight is 338 g/mol. The molecule has 0 bridgehead atoms. The van der Waals surface area contributed by atoms with Crippen LogP contribution in [0.25, 0.3) is 6.08 Å². The van der Waals surface area contributed by atoms with Crippen LogP contribution in [0.4, 0.5) is 5.69 Å². The maximum atomic E-state index is 12.7. The van der Waals surface area contributed by atoms with E-state index in [9.17, 15) is 9.59 Å². The Balaban J connectivity index is 2.31. The molecule has 2 N–H and O–H groups in total. The van der Waals surface area contributed by atoms with Crippen molar-refractivity contribution in [3.8, 4) is 5.75 Å². The highest BCUT2D eigenvalue weighted by molar-refractivity contribution is 6.09. The lowest BCUT2D eigenvalue weighted by Crippen LogP contribution is -2.29. The Hall–Kier alpha value is -3.08. The van der Waals surface area contributed by atoms with Gasteiger partial charge in [0.1, 0.15) is 11.4 Å². The Bertz CT molecular complexity index is 797. The molecule has 0 aromatic heterocycles. The van der Waals surface area contributed by atoms with Crippen molar-refractivity contribution in [2.24, 2.45) is 0 Å². The van der Waals surface area contributed by atoms with Crippen molar-refractivity contribution in [2.45, 2.75) is 20.8 Å². The average Bonchev–Trinajstić information content (AvgIpc) is 2.58. The fourth-order valence-electron chi connectivity index (χ4n) is 2.29. The first-order valence-electron chi connectivity index (χ1n) is 8.09. The number of carbonyl (C=O) groups excluding carboxylic acids is 2. The second-order valence-corrected chi connectivity index (χ2v) is 5.48. The van der Waals surface area contributed by atoms with Gasteiger partial charge in [0, 0.05) is 6.92 Å². The van der Waals surface area contributed by atoms with E-state index < -0.39 is 5.91 Å². The first-order chi connectivity index (χ1) is 12.0. The Morgan fingerprint density at radius 2 is 1.76 bits per heavy atom. The molecule has 0 spiro atoms. The molecule has 5 nitrogen and oxygen atoms in total. The van der Waals surface area contributed by atoms with Crippen LogP contribution in [0.5, 0.6) is 5.75 Å². The smallest absolute Gasteiger partial charge is 0.272 e. The largest absolute Gasteiger partial charge is 0.492 e. The third-order valence-corrected chi connectivity index (χ3v) is 3.48. The fraction of sp³-hybridized carbons (Fsp3) is 0.200. The molecule has 2 rings (SSSR count). The molecular formula is C20H22N2O3. The van der Waals surface area contributed by atoms with E-state index in [0.717, 1.165) is 11.1 Å². The summed E-state index contributed by atoms with van der Waals surface area (Å²) in [5, 5.41) is 5.39. The monoisotopic (exact) mass is 338 g/mol. The number of nitrogens with one attached hydrogen (secondary N) is 2. The second kappa shape index (κ2) is 8.68. The molecule has 2 aromatic carbocycles. The zero-order chi connectivity index (χ0) is 18.2. The van der Waals surface area contributed by atoms with Gasteiger partial charge in [-0.2, -0.15) is 0 Å². The Morgan fingerprint density at radius 3 is 2.44 bits per heavy atom. The molecule has 0 atom stereocenters. The van der Waals surface area contributed by atoms with E-state index in [4.69, 9.17) is 4.74 Å². The highest BCUT2D eigenvalue weighted by Crippen LogP contribution is 2.24. The van der Waals surface area contributed by atoms with Crippen LogP contribution in [0, 0.1) is 6.92 Å². The van der Waals surface area contributed by atoms with Crippen LogP contribution in [0.15, 0.2) is 54.2 Å². The van der Waals surface area contributed by atoms with Crippen molar-refractivity contribution >= 4 is 23.6 Å².